The maximum atomic E-state index is 6.11. The van der Waals surface area contributed by atoms with E-state index in [-0.39, 0.29) is 0 Å². The highest BCUT2D eigenvalue weighted by molar-refractivity contribution is 5.73. The first-order valence-electron chi connectivity index (χ1n) is 13.4. The van der Waals surface area contributed by atoms with Gasteiger partial charge in [-0.3, -0.25) is 9.88 Å². The van der Waals surface area contributed by atoms with Crippen LogP contribution >= 0.6 is 0 Å². The van der Waals surface area contributed by atoms with Gasteiger partial charge in [-0.2, -0.15) is 0 Å². The summed E-state index contributed by atoms with van der Waals surface area (Å²) in [5.74, 6) is 1.69. The van der Waals surface area contributed by atoms with Crippen molar-refractivity contribution in [1.29, 1.82) is 0 Å². The van der Waals surface area contributed by atoms with Gasteiger partial charge in [0.2, 0.25) is 0 Å². The van der Waals surface area contributed by atoms with E-state index < -0.39 is 0 Å². The summed E-state index contributed by atoms with van der Waals surface area (Å²) in [5, 5.41) is 0. The Bertz CT molecular complexity index is 1110. The Morgan fingerprint density at radius 1 is 0.943 bits per heavy atom. The molecule has 1 aromatic heterocycles. The summed E-state index contributed by atoms with van der Waals surface area (Å²) < 4.78 is 6.11. The van der Waals surface area contributed by atoms with Gasteiger partial charge in [-0.15, -0.1) is 0 Å². The predicted octanol–water partition coefficient (Wildman–Crippen LogP) is 7.86. The van der Waals surface area contributed by atoms with Gasteiger partial charge in [0.1, 0.15) is 5.75 Å². The Morgan fingerprint density at radius 3 is 2.14 bits per heavy atom. The summed E-state index contributed by atoms with van der Waals surface area (Å²) in [5.41, 5.74) is 9.94. The van der Waals surface area contributed by atoms with Crippen LogP contribution in [0.15, 0.2) is 48.5 Å². The van der Waals surface area contributed by atoms with Crippen LogP contribution in [0.5, 0.6) is 5.75 Å². The van der Waals surface area contributed by atoms with Crippen molar-refractivity contribution >= 4 is 0 Å². The van der Waals surface area contributed by atoms with E-state index in [2.05, 4.69) is 88.2 Å². The number of benzene rings is 2. The molecule has 0 bridgehead atoms. The van der Waals surface area contributed by atoms with Crippen LogP contribution in [-0.2, 0) is 19.4 Å². The van der Waals surface area contributed by atoms with Crippen molar-refractivity contribution in [3.8, 4) is 17.0 Å². The van der Waals surface area contributed by atoms with Gasteiger partial charge in [-0.1, -0.05) is 75.2 Å². The lowest BCUT2D eigenvalue weighted by molar-refractivity contribution is 0.167. The molecule has 3 nitrogen and oxygen atoms in total. The predicted molar refractivity (Wildman–Crippen MR) is 147 cm³/mol. The second-order valence-electron chi connectivity index (χ2n) is 10.2. The highest BCUT2D eigenvalue weighted by Crippen LogP contribution is 2.42. The maximum absolute atomic E-state index is 6.11. The van der Waals surface area contributed by atoms with Gasteiger partial charge < -0.3 is 4.74 Å². The van der Waals surface area contributed by atoms with Gasteiger partial charge in [0, 0.05) is 35.0 Å². The lowest BCUT2D eigenvalue weighted by atomic mass is 9.89. The Morgan fingerprint density at radius 2 is 1.57 bits per heavy atom. The summed E-state index contributed by atoms with van der Waals surface area (Å²) in [4.78, 5) is 7.78. The zero-order chi connectivity index (χ0) is 24.9. The van der Waals surface area contributed by atoms with E-state index in [1.807, 2.05) is 7.11 Å². The molecule has 3 heteroatoms. The minimum atomic E-state index is 0.412. The molecule has 1 aliphatic carbocycles. The van der Waals surface area contributed by atoms with Crippen LogP contribution in [-0.4, -0.2) is 24.0 Å². The van der Waals surface area contributed by atoms with E-state index >= 15 is 0 Å². The van der Waals surface area contributed by atoms with Gasteiger partial charge in [-0.25, -0.2) is 0 Å². The first-order chi connectivity index (χ1) is 17.0. The summed E-state index contributed by atoms with van der Waals surface area (Å²) in [7, 11) is 4.09. The highest BCUT2D eigenvalue weighted by Gasteiger charge is 2.31. The van der Waals surface area contributed by atoms with E-state index in [1.54, 1.807) is 0 Å². The largest absolute Gasteiger partial charge is 0.496 e. The first kappa shape index (κ1) is 25.4. The molecule has 1 saturated carbocycles. The van der Waals surface area contributed by atoms with Crippen LogP contribution in [0.4, 0.5) is 0 Å². The summed E-state index contributed by atoms with van der Waals surface area (Å²) in [6, 6.07) is 18.1. The van der Waals surface area contributed by atoms with Gasteiger partial charge in [-0.05, 0) is 69.2 Å². The zero-order valence-corrected chi connectivity index (χ0v) is 22.5. The Hall–Kier alpha value is -2.65. The summed E-state index contributed by atoms with van der Waals surface area (Å²) in [6.07, 6.45) is 7.30. The number of nitrogens with zero attached hydrogens (tertiary/aromatic N) is 2. The molecular weight excluding hydrogens is 428 g/mol. The van der Waals surface area contributed by atoms with Gasteiger partial charge >= 0.3 is 0 Å². The number of methoxy groups -OCH3 is 1. The van der Waals surface area contributed by atoms with E-state index in [9.17, 15) is 0 Å². The molecule has 186 valence electrons. The third-order valence-electron chi connectivity index (χ3n) is 8.00. The molecule has 0 saturated heterocycles. The second kappa shape index (κ2) is 11.4. The number of rotatable bonds is 9. The molecule has 0 N–H and O–H groups in total. The van der Waals surface area contributed by atoms with Crippen LogP contribution in [0, 0.1) is 19.8 Å². The topological polar surface area (TPSA) is 25.4 Å². The fourth-order valence-electron chi connectivity index (χ4n) is 6.23. The normalized spacial score (nSPS) is 15.1. The molecule has 0 radical (unpaired) electrons. The number of hydrogen-bond donors (Lipinski definition) is 0. The zero-order valence-electron chi connectivity index (χ0n) is 22.5. The minimum Gasteiger partial charge on any atom is -0.496 e. The van der Waals surface area contributed by atoms with Crippen LogP contribution in [0.25, 0.3) is 11.3 Å². The molecule has 0 spiro atoms. The molecule has 4 rings (SSSR count). The molecule has 0 aliphatic heterocycles. The number of aromatic nitrogens is 1. The average molecular weight is 471 g/mol. The Balaban J connectivity index is 1.76. The fourth-order valence-corrected chi connectivity index (χ4v) is 6.23. The van der Waals surface area contributed by atoms with Gasteiger partial charge in [0.15, 0.2) is 0 Å². The van der Waals surface area contributed by atoms with Crippen molar-refractivity contribution in [3.63, 3.8) is 0 Å². The second-order valence-corrected chi connectivity index (χ2v) is 10.2. The molecular formula is C32H42N2O. The summed E-state index contributed by atoms with van der Waals surface area (Å²) >= 11 is 0. The average Bonchev–Trinajstić information content (AvgIpc) is 3.41. The minimum absolute atomic E-state index is 0.412. The van der Waals surface area contributed by atoms with Crippen molar-refractivity contribution in [2.75, 3.05) is 14.2 Å². The van der Waals surface area contributed by atoms with Crippen LogP contribution in [0.1, 0.15) is 79.1 Å². The maximum Gasteiger partial charge on any atom is 0.130 e. The number of hydrogen-bond acceptors (Lipinski definition) is 3. The SMILES string of the molecule is CCc1cccc(CC)c1-c1nc(C)c(CN(C)C(c2ccccc2)C2CCCC2)c(OC)c1C. The lowest BCUT2D eigenvalue weighted by Crippen LogP contribution is -2.30. The third-order valence-corrected chi connectivity index (χ3v) is 8.00. The van der Waals surface area contributed by atoms with Gasteiger partial charge in [0.05, 0.1) is 12.8 Å². The van der Waals surface area contributed by atoms with Gasteiger partial charge in [0.25, 0.3) is 0 Å². The van der Waals surface area contributed by atoms with E-state index in [1.165, 1.54) is 53.5 Å². The van der Waals surface area contributed by atoms with Crippen molar-refractivity contribution in [1.82, 2.24) is 9.88 Å². The fraction of sp³-hybridized carbons (Fsp3) is 0.469. The molecule has 1 unspecified atom stereocenters. The third kappa shape index (κ3) is 5.16. The number of pyridine rings is 1. The van der Waals surface area contributed by atoms with E-state index in [0.29, 0.717) is 12.0 Å². The van der Waals surface area contributed by atoms with Crippen LogP contribution in [0.3, 0.4) is 0 Å². The smallest absolute Gasteiger partial charge is 0.130 e. The number of ether oxygens (including phenoxy) is 1. The van der Waals surface area contributed by atoms with Crippen molar-refractivity contribution in [2.45, 2.75) is 78.8 Å². The standard InChI is InChI=1S/C32H42N2O/c1-7-24-19-14-20-25(8-2)29(24)30-22(3)32(35-6)28(23(4)33-30)21-34(5)31(27-17-12-13-18-27)26-15-10-9-11-16-26/h9-11,14-16,19-20,27,31H,7-8,12-13,17-18,21H2,1-6H3. The molecule has 1 atom stereocenters. The van der Waals surface area contributed by atoms with E-state index in [0.717, 1.165) is 42.1 Å². The van der Waals surface area contributed by atoms with E-state index in [4.69, 9.17) is 9.72 Å². The monoisotopic (exact) mass is 470 g/mol. The van der Waals surface area contributed by atoms with Crippen molar-refractivity contribution in [2.24, 2.45) is 5.92 Å². The van der Waals surface area contributed by atoms with Crippen molar-refractivity contribution in [3.05, 3.63) is 82.0 Å². The molecule has 1 aliphatic rings. The molecule has 3 aromatic rings. The van der Waals surface area contributed by atoms with Crippen LogP contribution < -0.4 is 4.74 Å². The molecule has 1 heterocycles. The lowest BCUT2D eigenvalue weighted by Gasteiger charge is -2.34. The number of aryl methyl sites for hydroxylation is 3. The summed E-state index contributed by atoms with van der Waals surface area (Å²) in [6.45, 7) is 9.63. The molecule has 0 amide bonds. The first-order valence-corrected chi connectivity index (χ1v) is 13.4. The Labute approximate surface area is 212 Å². The Kier molecular flexibility index (Phi) is 8.28. The highest BCUT2D eigenvalue weighted by atomic mass is 16.5. The van der Waals surface area contributed by atoms with Crippen molar-refractivity contribution < 1.29 is 4.74 Å². The molecule has 1 fully saturated rings. The van der Waals surface area contributed by atoms with Crippen LogP contribution in [0.2, 0.25) is 0 Å². The molecule has 35 heavy (non-hydrogen) atoms. The quantitative estimate of drug-likeness (QED) is 0.318. The molecule has 2 aromatic carbocycles.